The van der Waals surface area contributed by atoms with Crippen LogP contribution in [0.15, 0.2) is 24.3 Å². The molecular formula is C14H20Cl2N2O2. The predicted molar refractivity (Wildman–Crippen MR) is 82.1 cm³/mol. The van der Waals surface area contributed by atoms with Gasteiger partial charge in [-0.2, -0.15) is 0 Å². The lowest BCUT2D eigenvalue weighted by atomic mass is 9.89. The maximum absolute atomic E-state index is 12.4. The van der Waals surface area contributed by atoms with E-state index < -0.39 is 5.54 Å². The minimum absolute atomic E-state index is 0. The zero-order chi connectivity index (χ0) is 13.9. The summed E-state index contributed by atoms with van der Waals surface area (Å²) in [7, 11) is 1.76. The lowest BCUT2D eigenvalue weighted by molar-refractivity contribution is -0.139. The van der Waals surface area contributed by atoms with Crippen molar-refractivity contribution < 1.29 is 9.53 Å². The molecule has 1 aliphatic rings. The fourth-order valence-electron chi connectivity index (χ4n) is 2.28. The summed E-state index contributed by atoms with van der Waals surface area (Å²) in [5, 5.41) is 0.667. The van der Waals surface area contributed by atoms with Gasteiger partial charge in [-0.3, -0.25) is 4.79 Å². The van der Waals surface area contributed by atoms with E-state index in [1.165, 1.54) is 0 Å². The molecule has 1 saturated heterocycles. The molecule has 4 nitrogen and oxygen atoms in total. The molecule has 0 unspecified atom stereocenters. The number of halogens is 2. The summed E-state index contributed by atoms with van der Waals surface area (Å²) in [4.78, 5) is 14.1. The first kappa shape index (κ1) is 17.2. The maximum Gasteiger partial charge on any atom is 0.242 e. The first-order valence-electron chi connectivity index (χ1n) is 6.38. The molecular weight excluding hydrogens is 299 g/mol. The number of nitrogens with two attached hydrogens (primary N) is 1. The molecule has 1 amide bonds. The van der Waals surface area contributed by atoms with E-state index >= 15 is 0 Å². The van der Waals surface area contributed by atoms with Crippen LogP contribution in [0.4, 0.5) is 0 Å². The zero-order valence-electron chi connectivity index (χ0n) is 11.5. The molecule has 112 valence electrons. The molecule has 0 aromatic heterocycles. The smallest absolute Gasteiger partial charge is 0.242 e. The molecule has 0 bridgehead atoms. The quantitative estimate of drug-likeness (QED) is 0.929. The summed E-state index contributed by atoms with van der Waals surface area (Å²) >= 11 is 6.10. The van der Waals surface area contributed by atoms with Crippen molar-refractivity contribution in [3.8, 4) is 0 Å². The third-order valence-corrected chi connectivity index (χ3v) is 3.89. The van der Waals surface area contributed by atoms with Crippen LogP contribution in [0, 0.1) is 0 Å². The predicted octanol–water partition coefficient (Wildman–Crippen LogP) is 2.23. The van der Waals surface area contributed by atoms with E-state index in [4.69, 9.17) is 22.1 Å². The summed E-state index contributed by atoms with van der Waals surface area (Å²) in [6.45, 7) is 1.56. The van der Waals surface area contributed by atoms with Gasteiger partial charge in [0.15, 0.2) is 0 Å². The van der Waals surface area contributed by atoms with Crippen LogP contribution in [0.3, 0.4) is 0 Å². The maximum atomic E-state index is 12.4. The summed E-state index contributed by atoms with van der Waals surface area (Å²) in [5.74, 6) is -0.0456. The summed E-state index contributed by atoms with van der Waals surface area (Å²) in [6, 6.07) is 7.52. The van der Waals surface area contributed by atoms with E-state index in [-0.39, 0.29) is 18.3 Å². The highest BCUT2D eigenvalue weighted by Gasteiger charge is 2.37. The van der Waals surface area contributed by atoms with Gasteiger partial charge < -0.3 is 15.4 Å². The second-order valence-corrected chi connectivity index (χ2v) is 5.43. The van der Waals surface area contributed by atoms with Gasteiger partial charge in [0.05, 0.1) is 5.54 Å². The van der Waals surface area contributed by atoms with Crippen molar-refractivity contribution in [2.45, 2.75) is 24.9 Å². The fraction of sp³-hybridized carbons (Fsp3) is 0.500. The summed E-state index contributed by atoms with van der Waals surface area (Å²) in [6.07, 6.45) is 1.14. The molecule has 0 atom stereocenters. The Morgan fingerprint density at radius 2 is 2.00 bits per heavy atom. The molecule has 0 aliphatic carbocycles. The van der Waals surface area contributed by atoms with E-state index in [9.17, 15) is 4.79 Å². The van der Waals surface area contributed by atoms with Crippen molar-refractivity contribution >= 4 is 29.9 Å². The van der Waals surface area contributed by atoms with Crippen molar-refractivity contribution in [2.75, 3.05) is 20.3 Å². The standard InChI is InChI=1S/C14H19ClN2O2.ClH/c1-17(10-11-4-2-3-5-12(11)15)13(18)14(16)6-8-19-9-7-14;/h2-5H,6-10,16H2,1H3;1H. The van der Waals surface area contributed by atoms with Crippen LogP contribution in [0.5, 0.6) is 0 Å². The molecule has 0 radical (unpaired) electrons. The van der Waals surface area contributed by atoms with Gasteiger partial charge in [0.2, 0.25) is 5.91 Å². The molecule has 0 spiro atoms. The molecule has 2 N–H and O–H groups in total. The third kappa shape index (κ3) is 3.85. The van der Waals surface area contributed by atoms with Gasteiger partial charge in [-0.25, -0.2) is 0 Å². The van der Waals surface area contributed by atoms with E-state index in [0.29, 0.717) is 37.6 Å². The van der Waals surface area contributed by atoms with Gasteiger partial charge in [0, 0.05) is 31.8 Å². The van der Waals surface area contributed by atoms with Crippen LogP contribution >= 0.6 is 24.0 Å². The van der Waals surface area contributed by atoms with Crippen LogP contribution < -0.4 is 5.73 Å². The number of likely N-dealkylation sites (N-methyl/N-ethyl adjacent to an activating group) is 1. The third-order valence-electron chi connectivity index (χ3n) is 3.52. The Morgan fingerprint density at radius 3 is 2.60 bits per heavy atom. The number of ether oxygens (including phenoxy) is 1. The Bertz CT molecular complexity index is 462. The van der Waals surface area contributed by atoms with E-state index in [0.717, 1.165) is 5.56 Å². The zero-order valence-corrected chi connectivity index (χ0v) is 13.0. The van der Waals surface area contributed by atoms with E-state index in [1.807, 2.05) is 24.3 Å². The van der Waals surface area contributed by atoms with Crippen LogP contribution in [-0.2, 0) is 16.1 Å². The first-order chi connectivity index (χ1) is 9.03. The van der Waals surface area contributed by atoms with Gasteiger partial charge in [0.1, 0.15) is 0 Å². The number of carbonyl (C=O) groups is 1. The number of amides is 1. The van der Waals surface area contributed by atoms with Crippen molar-refractivity contribution in [3.63, 3.8) is 0 Å². The van der Waals surface area contributed by atoms with Crippen molar-refractivity contribution in [2.24, 2.45) is 5.73 Å². The van der Waals surface area contributed by atoms with Crippen molar-refractivity contribution in [1.29, 1.82) is 0 Å². The molecule has 1 aromatic rings. The minimum atomic E-state index is -0.797. The molecule has 6 heteroatoms. The van der Waals surface area contributed by atoms with Gasteiger partial charge in [-0.1, -0.05) is 29.8 Å². The number of rotatable bonds is 3. The highest BCUT2D eigenvalue weighted by Crippen LogP contribution is 2.22. The Balaban J connectivity index is 0.00000200. The molecule has 0 saturated carbocycles. The topological polar surface area (TPSA) is 55.6 Å². The Morgan fingerprint density at radius 1 is 1.40 bits per heavy atom. The Kier molecular flexibility index (Phi) is 6.27. The normalized spacial score (nSPS) is 17.1. The van der Waals surface area contributed by atoms with Crippen LogP contribution in [-0.4, -0.2) is 36.6 Å². The lowest BCUT2D eigenvalue weighted by Crippen LogP contribution is -2.57. The molecule has 1 aromatic carbocycles. The van der Waals surface area contributed by atoms with Crippen LogP contribution in [0.2, 0.25) is 5.02 Å². The van der Waals surface area contributed by atoms with Gasteiger partial charge >= 0.3 is 0 Å². The second kappa shape index (κ2) is 7.27. The van der Waals surface area contributed by atoms with Gasteiger partial charge in [0.25, 0.3) is 0 Å². The van der Waals surface area contributed by atoms with Crippen LogP contribution in [0.25, 0.3) is 0 Å². The summed E-state index contributed by atoms with van der Waals surface area (Å²) < 4.78 is 5.26. The van der Waals surface area contributed by atoms with Crippen molar-refractivity contribution in [3.05, 3.63) is 34.9 Å². The number of nitrogens with zero attached hydrogens (tertiary/aromatic N) is 1. The van der Waals surface area contributed by atoms with Gasteiger partial charge in [-0.15, -0.1) is 12.4 Å². The molecule has 2 rings (SSSR count). The first-order valence-corrected chi connectivity index (χ1v) is 6.76. The van der Waals surface area contributed by atoms with E-state index in [1.54, 1.807) is 11.9 Å². The SMILES string of the molecule is CN(Cc1ccccc1Cl)C(=O)C1(N)CCOCC1.Cl. The molecule has 1 heterocycles. The van der Waals surface area contributed by atoms with E-state index in [2.05, 4.69) is 0 Å². The monoisotopic (exact) mass is 318 g/mol. The number of carbonyl (C=O) groups excluding carboxylic acids is 1. The highest BCUT2D eigenvalue weighted by atomic mass is 35.5. The summed E-state index contributed by atoms with van der Waals surface area (Å²) in [5.41, 5.74) is 6.32. The van der Waals surface area contributed by atoms with Crippen LogP contribution in [0.1, 0.15) is 18.4 Å². The Hall–Kier alpha value is -0.810. The van der Waals surface area contributed by atoms with Crippen molar-refractivity contribution in [1.82, 2.24) is 4.90 Å². The fourth-order valence-corrected chi connectivity index (χ4v) is 2.48. The average Bonchev–Trinajstić information content (AvgIpc) is 2.41. The lowest BCUT2D eigenvalue weighted by Gasteiger charge is -2.35. The number of hydrogen-bond donors (Lipinski definition) is 1. The highest BCUT2D eigenvalue weighted by molar-refractivity contribution is 6.31. The second-order valence-electron chi connectivity index (χ2n) is 5.02. The minimum Gasteiger partial charge on any atom is -0.381 e. The largest absolute Gasteiger partial charge is 0.381 e. The average molecular weight is 319 g/mol. The molecule has 1 aliphatic heterocycles. The molecule has 1 fully saturated rings. The Labute approximate surface area is 130 Å². The van der Waals surface area contributed by atoms with Gasteiger partial charge in [-0.05, 0) is 24.5 Å². The number of benzene rings is 1. The molecule has 20 heavy (non-hydrogen) atoms. The number of hydrogen-bond acceptors (Lipinski definition) is 3.